The zero-order chi connectivity index (χ0) is 18.5. The molecule has 1 atom stereocenters. The van der Waals surface area contributed by atoms with Crippen LogP contribution in [0.4, 0.5) is 0 Å². The van der Waals surface area contributed by atoms with Crippen molar-refractivity contribution in [2.24, 2.45) is 0 Å². The first-order chi connectivity index (χ1) is 12.4. The summed E-state index contributed by atoms with van der Waals surface area (Å²) in [5.41, 5.74) is 2.19. The summed E-state index contributed by atoms with van der Waals surface area (Å²) in [6.07, 6.45) is 1.25. The lowest BCUT2D eigenvalue weighted by Crippen LogP contribution is -2.48. The highest BCUT2D eigenvalue weighted by molar-refractivity contribution is 7.95. The van der Waals surface area contributed by atoms with Crippen molar-refractivity contribution in [3.63, 3.8) is 0 Å². The van der Waals surface area contributed by atoms with Crippen LogP contribution in [0.2, 0.25) is 0 Å². The second-order valence-electron chi connectivity index (χ2n) is 6.88. The normalized spacial score (nSPS) is 21.0. The number of hydrogen-bond acceptors (Lipinski definition) is 5. The molecule has 4 rings (SSSR count). The molecule has 1 saturated heterocycles. The van der Waals surface area contributed by atoms with Crippen molar-refractivity contribution in [3.05, 3.63) is 46.8 Å². The van der Waals surface area contributed by atoms with Crippen LogP contribution in [0.15, 0.2) is 33.7 Å². The van der Waals surface area contributed by atoms with Gasteiger partial charge in [-0.05, 0) is 31.4 Å². The molecular formula is C18H21N3O4S. The minimum atomic E-state index is -3.62. The van der Waals surface area contributed by atoms with Gasteiger partial charge in [-0.15, -0.1) is 4.31 Å². The Hall–Kier alpha value is -2.03. The average Bonchev–Trinajstić information content (AvgIpc) is 3.15. The van der Waals surface area contributed by atoms with E-state index in [-0.39, 0.29) is 16.8 Å². The molecule has 0 saturated carbocycles. The first kappa shape index (κ1) is 17.4. The quantitative estimate of drug-likeness (QED) is 0.768. The predicted molar refractivity (Wildman–Crippen MR) is 94.0 cm³/mol. The Bertz CT molecular complexity index is 882. The number of fused-ring (bicyclic) bond motifs is 1. The molecule has 0 bridgehead atoms. The Morgan fingerprint density at radius 1 is 1.23 bits per heavy atom. The first-order valence-electron chi connectivity index (χ1n) is 8.71. The van der Waals surface area contributed by atoms with Gasteiger partial charge in [0.15, 0.2) is 16.2 Å². The molecule has 2 aromatic rings. The summed E-state index contributed by atoms with van der Waals surface area (Å²) in [5.74, 6) is 0.363. The fourth-order valence-electron chi connectivity index (χ4n) is 3.94. The summed E-state index contributed by atoms with van der Waals surface area (Å²) in [4.78, 5) is 14.7. The first-order valence-corrected chi connectivity index (χ1v) is 10.2. The highest BCUT2D eigenvalue weighted by atomic mass is 32.3. The molecule has 1 amide bonds. The number of aryl methyl sites for hydroxylation is 2. The molecule has 138 valence electrons. The molecule has 8 heteroatoms. The van der Waals surface area contributed by atoms with Crippen LogP contribution in [0.25, 0.3) is 0 Å². The van der Waals surface area contributed by atoms with Crippen LogP contribution < -0.4 is 0 Å². The number of sulfonamides is 1. The van der Waals surface area contributed by atoms with E-state index in [1.807, 2.05) is 29.2 Å². The molecule has 0 radical (unpaired) electrons. The molecule has 2 aliphatic rings. The van der Waals surface area contributed by atoms with Gasteiger partial charge in [0.2, 0.25) is 4.90 Å². The van der Waals surface area contributed by atoms with Gasteiger partial charge in [-0.2, -0.15) is 0 Å². The van der Waals surface area contributed by atoms with Crippen LogP contribution in [-0.2, 0) is 21.2 Å². The zero-order valence-corrected chi connectivity index (χ0v) is 15.6. The molecule has 0 aliphatic carbocycles. The molecule has 0 N–H and O–H groups in total. The zero-order valence-electron chi connectivity index (χ0n) is 14.8. The molecule has 0 spiro atoms. The van der Waals surface area contributed by atoms with E-state index in [1.54, 1.807) is 13.8 Å². The maximum Gasteiger partial charge on any atom is 0.254 e. The second kappa shape index (κ2) is 6.29. The number of piperidine rings is 1. The fraction of sp³-hybridized carbons (Fsp3) is 0.444. The van der Waals surface area contributed by atoms with Crippen molar-refractivity contribution in [1.82, 2.24) is 14.4 Å². The van der Waals surface area contributed by atoms with Crippen LogP contribution in [0.5, 0.6) is 0 Å². The Balaban J connectivity index is 1.47. The minimum Gasteiger partial charge on any atom is -0.593 e. The minimum absolute atomic E-state index is 0.0487. The third-order valence-electron chi connectivity index (χ3n) is 5.28. The van der Waals surface area contributed by atoms with E-state index in [9.17, 15) is 13.6 Å². The van der Waals surface area contributed by atoms with Crippen LogP contribution in [0.1, 0.15) is 40.2 Å². The molecule has 7 nitrogen and oxygen atoms in total. The number of rotatable bonds is 3. The number of aromatic nitrogens is 1. The summed E-state index contributed by atoms with van der Waals surface area (Å²) >= 11 is 0. The van der Waals surface area contributed by atoms with Gasteiger partial charge < -0.3 is 14.0 Å². The lowest BCUT2D eigenvalue weighted by molar-refractivity contribution is 0.0640. The van der Waals surface area contributed by atoms with E-state index in [1.165, 1.54) is 4.31 Å². The number of benzene rings is 1. The Morgan fingerprint density at radius 2 is 1.92 bits per heavy atom. The van der Waals surface area contributed by atoms with Crippen molar-refractivity contribution >= 4 is 16.3 Å². The highest BCUT2D eigenvalue weighted by Gasteiger charge is 2.41. The van der Waals surface area contributed by atoms with Crippen molar-refractivity contribution in [2.45, 2.75) is 44.2 Å². The van der Waals surface area contributed by atoms with Crippen LogP contribution in [0.3, 0.4) is 0 Å². The van der Waals surface area contributed by atoms with Gasteiger partial charge in [0, 0.05) is 38.2 Å². The van der Waals surface area contributed by atoms with Gasteiger partial charge in [-0.3, -0.25) is 4.79 Å². The van der Waals surface area contributed by atoms with Gasteiger partial charge >= 0.3 is 0 Å². The molecule has 1 fully saturated rings. The molecule has 1 unspecified atom stereocenters. The van der Waals surface area contributed by atoms with Crippen molar-refractivity contribution in [2.75, 3.05) is 13.1 Å². The van der Waals surface area contributed by atoms with Crippen molar-refractivity contribution in [3.8, 4) is 0 Å². The summed E-state index contributed by atoms with van der Waals surface area (Å²) in [6.45, 7) is 4.63. The molecule has 1 aromatic carbocycles. The number of hydrogen-bond donors (Lipinski definition) is 0. The largest absolute Gasteiger partial charge is 0.593 e. The Morgan fingerprint density at radius 3 is 2.54 bits per heavy atom. The lowest BCUT2D eigenvalue weighted by atomic mass is 10.1. The highest BCUT2D eigenvalue weighted by Crippen LogP contribution is 2.33. The fourth-order valence-corrected chi connectivity index (χ4v) is 5.70. The van der Waals surface area contributed by atoms with E-state index in [4.69, 9.17) is 4.52 Å². The predicted octanol–water partition coefficient (Wildman–Crippen LogP) is 2.32. The van der Waals surface area contributed by atoms with E-state index in [0.717, 1.165) is 11.1 Å². The summed E-state index contributed by atoms with van der Waals surface area (Å²) in [6, 6.07) is 7.71. The maximum absolute atomic E-state index is 12.9. The van der Waals surface area contributed by atoms with Crippen LogP contribution in [-0.4, -0.2) is 44.0 Å². The van der Waals surface area contributed by atoms with E-state index >= 15 is 0 Å². The third kappa shape index (κ3) is 2.69. The van der Waals surface area contributed by atoms with Gasteiger partial charge in [-0.25, -0.2) is 0 Å². The van der Waals surface area contributed by atoms with Gasteiger partial charge in [0.05, 0.1) is 0 Å². The van der Waals surface area contributed by atoms with Gasteiger partial charge in [0.25, 0.3) is 5.91 Å². The summed E-state index contributed by atoms with van der Waals surface area (Å²) in [5, 5.41) is 3.75. The molecule has 1 aromatic heterocycles. The Labute approximate surface area is 153 Å². The standard InChI is InChI=1S/C18H21N3O4S/c1-12-17(13(2)25-19-12)26(23,24)20-9-7-15(8-10-20)21-11-14-5-3-4-6-16(14)18(21)22/h3-6,15H,7-11H2,1-2H3. The van der Waals surface area contributed by atoms with E-state index in [2.05, 4.69) is 5.16 Å². The maximum atomic E-state index is 12.9. The van der Waals surface area contributed by atoms with Crippen LogP contribution >= 0.6 is 0 Å². The molecular weight excluding hydrogens is 354 g/mol. The van der Waals surface area contributed by atoms with E-state index in [0.29, 0.717) is 43.9 Å². The number of carbonyl (C=O) groups is 1. The second-order valence-corrected chi connectivity index (χ2v) is 8.75. The third-order valence-corrected chi connectivity index (χ3v) is 7.42. The molecule has 3 heterocycles. The number of carbonyl (C=O) groups excluding carboxylic acids is 1. The monoisotopic (exact) mass is 375 g/mol. The molecule has 2 aliphatic heterocycles. The van der Waals surface area contributed by atoms with Crippen molar-refractivity contribution < 1.29 is 18.1 Å². The SMILES string of the molecule is Cc1noc(C)c1[S+](=O)([O-])N1CCC(N2Cc3ccccc3C2=O)CC1. The van der Waals surface area contributed by atoms with Gasteiger partial charge in [-0.1, -0.05) is 27.6 Å². The van der Waals surface area contributed by atoms with Crippen LogP contribution in [0, 0.1) is 13.8 Å². The smallest absolute Gasteiger partial charge is 0.254 e. The number of amides is 1. The topological polar surface area (TPSA) is 89.7 Å². The Kier molecular flexibility index (Phi) is 4.21. The lowest BCUT2D eigenvalue weighted by Gasteiger charge is -2.37. The summed E-state index contributed by atoms with van der Waals surface area (Å²) < 4.78 is 32.3. The molecule has 26 heavy (non-hydrogen) atoms. The number of nitrogens with zero attached hydrogens (tertiary/aromatic N) is 3. The van der Waals surface area contributed by atoms with Gasteiger partial charge in [0.1, 0.15) is 5.69 Å². The van der Waals surface area contributed by atoms with E-state index < -0.39 is 10.4 Å². The summed E-state index contributed by atoms with van der Waals surface area (Å²) in [7, 11) is -3.62. The van der Waals surface area contributed by atoms with Crippen molar-refractivity contribution in [1.29, 1.82) is 0 Å². The average molecular weight is 375 g/mol.